The summed E-state index contributed by atoms with van der Waals surface area (Å²) in [5, 5.41) is 0. The first-order valence-electron chi connectivity index (χ1n) is 7.66. The molecule has 5 heteroatoms. The van der Waals surface area contributed by atoms with Crippen LogP contribution in [0.2, 0.25) is 0 Å². The number of nitrogens with two attached hydrogens (primary N) is 1. The minimum Gasteiger partial charge on any atom is -0.474 e. The number of nitrogens with one attached hydrogen (secondary N) is 1. The molecular weight excluding hydrogens is 252 g/mol. The number of nitrogens with zero attached hydrogens (tertiary/aromatic N) is 2. The van der Waals surface area contributed by atoms with Crippen LogP contribution in [-0.2, 0) is 0 Å². The van der Waals surface area contributed by atoms with E-state index in [-0.39, 0.29) is 6.10 Å². The molecule has 0 bridgehead atoms. The molecule has 0 radical (unpaired) electrons. The summed E-state index contributed by atoms with van der Waals surface area (Å²) in [5.74, 6) is 9.61. The molecule has 20 heavy (non-hydrogen) atoms. The van der Waals surface area contributed by atoms with Crippen LogP contribution in [0, 0.1) is 11.8 Å². The number of ether oxygens (including phenoxy) is 1. The molecule has 1 heterocycles. The van der Waals surface area contributed by atoms with Gasteiger partial charge in [-0.3, -0.25) is 0 Å². The summed E-state index contributed by atoms with van der Waals surface area (Å²) >= 11 is 0. The Balaban J connectivity index is 1.74. The van der Waals surface area contributed by atoms with Gasteiger partial charge in [0, 0.05) is 12.0 Å². The molecule has 2 unspecified atom stereocenters. The third kappa shape index (κ3) is 3.20. The SMILES string of the molecule is CC1CC(C)CC(Oc2cc(NN)nc(C3CC3)n2)C1. The van der Waals surface area contributed by atoms with Gasteiger partial charge >= 0.3 is 0 Å². The maximum atomic E-state index is 6.11. The van der Waals surface area contributed by atoms with Crippen molar-refractivity contribution in [3.63, 3.8) is 0 Å². The Kier molecular flexibility index (Phi) is 3.78. The second-order valence-electron chi connectivity index (χ2n) is 6.53. The summed E-state index contributed by atoms with van der Waals surface area (Å²) < 4.78 is 6.11. The lowest BCUT2D eigenvalue weighted by atomic mass is 9.82. The van der Waals surface area contributed by atoms with Gasteiger partial charge in [0.15, 0.2) is 0 Å². The predicted octanol–water partition coefficient (Wildman–Crippen LogP) is 2.84. The largest absolute Gasteiger partial charge is 0.474 e. The van der Waals surface area contributed by atoms with E-state index in [0.717, 1.165) is 30.5 Å². The highest BCUT2D eigenvalue weighted by Gasteiger charge is 2.29. The first-order valence-corrected chi connectivity index (χ1v) is 7.66. The Bertz CT molecular complexity index is 465. The van der Waals surface area contributed by atoms with Crippen molar-refractivity contribution >= 4 is 5.82 Å². The molecule has 2 atom stereocenters. The fourth-order valence-electron chi connectivity index (χ4n) is 3.24. The van der Waals surface area contributed by atoms with E-state index in [4.69, 9.17) is 10.6 Å². The van der Waals surface area contributed by atoms with Crippen molar-refractivity contribution < 1.29 is 4.74 Å². The number of hydrogen-bond acceptors (Lipinski definition) is 5. The lowest BCUT2D eigenvalue weighted by Gasteiger charge is -2.31. The summed E-state index contributed by atoms with van der Waals surface area (Å²) in [6.07, 6.45) is 6.13. The minimum absolute atomic E-state index is 0.265. The molecule has 3 N–H and O–H groups in total. The molecule has 0 spiro atoms. The standard InChI is InChI=1S/C15H24N4O/c1-9-5-10(2)7-12(6-9)20-14-8-13(19-16)17-15(18-14)11-3-4-11/h8-12H,3-7,16H2,1-2H3,(H,17,18,19). The first kappa shape index (κ1) is 13.6. The highest BCUT2D eigenvalue weighted by molar-refractivity contribution is 5.38. The van der Waals surface area contributed by atoms with Crippen LogP contribution >= 0.6 is 0 Å². The van der Waals surface area contributed by atoms with E-state index in [0.29, 0.717) is 17.6 Å². The van der Waals surface area contributed by atoms with Gasteiger partial charge in [-0.2, -0.15) is 4.98 Å². The number of nitrogen functional groups attached to an aromatic ring is 1. The molecule has 0 aromatic carbocycles. The van der Waals surface area contributed by atoms with Gasteiger partial charge in [-0.15, -0.1) is 0 Å². The molecule has 1 aromatic heterocycles. The maximum absolute atomic E-state index is 6.11. The van der Waals surface area contributed by atoms with E-state index in [9.17, 15) is 0 Å². The molecule has 2 saturated carbocycles. The molecule has 2 aliphatic rings. The van der Waals surface area contributed by atoms with E-state index in [1.165, 1.54) is 19.3 Å². The van der Waals surface area contributed by atoms with Crippen LogP contribution in [0.5, 0.6) is 5.88 Å². The normalized spacial score (nSPS) is 30.1. The second-order valence-corrected chi connectivity index (χ2v) is 6.53. The number of anilines is 1. The Morgan fingerprint density at radius 1 is 1.15 bits per heavy atom. The van der Waals surface area contributed by atoms with E-state index in [1.807, 2.05) is 0 Å². The molecule has 0 aliphatic heterocycles. The summed E-state index contributed by atoms with van der Waals surface area (Å²) in [7, 11) is 0. The van der Waals surface area contributed by atoms with Crippen LogP contribution < -0.4 is 16.0 Å². The Morgan fingerprint density at radius 2 is 1.85 bits per heavy atom. The van der Waals surface area contributed by atoms with Crippen LogP contribution in [0.4, 0.5) is 5.82 Å². The van der Waals surface area contributed by atoms with Gasteiger partial charge in [0.1, 0.15) is 17.7 Å². The lowest BCUT2D eigenvalue weighted by Crippen LogP contribution is -2.29. The highest BCUT2D eigenvalue weighted by atomic mass is 16.5. The smallest absolute Gasteiger partial charge is 0.219 e. The van der Waals surface area contributed by atoms with Gasteiger partial charge in [0.25, 0.3) is 0 Å². The van der Waals surface area contributed by atoms with Crippen molar-refractivity contribution in [1.29, 1.82) is 0 Å². The Morgan fingerprint density at radius 3 is 2.45 bits per heavy atom. The van der Waals surface area contributed by atoms with Gasteiger partial charge in [0.2, 0.25) is 5.88 Å². The van der Waals surface area contributed by atoms with Crippen LogP contribution in [0.15, 0.2) is 6.07 Å². The number of rotatable bonds is 4. The molecule has 2 fully saturated rings. The highest BCUT2D eigenvalue weighted by Crippen LogP contribution is 2.39. The monoisotopic (exact) mass is 276 g/mol. The maximum Gasteiger partial charge on any atom is 0.219 e. The number of aromatic nitrogens is 2. The average molecular weight is 276 g/mol. The van der Waals surface area contributed by atoms with Gasteiger partial charge in [-0.25, -0.2) is 10.8 Å². The number of hydrogen-bond donors (Lipinski definition) is 2. The zero-order valence-electron chi connectivity index (χ0n) is 12.3. The van der Waals surface area contributed by atoms with Crippen molar-refractivity contribution in [3.05, 3.63) is 11.9 Å². The van der Waals surface area contributed by atoms with Crippen molar-refractivity contribution in [1.82, 2.24) is 9.97 Å². The fraction of sp³-hybridized carbons (Fsp3) is 0.733. The third-order valence-electron chi connectivity index (χ3n) is 4.23. The van der Waals surface area contributed by atoms with Crippen LogP contribution in [0.25, 0.3) is 0 Å². The van der Waals surface area contributed by atoms with E-state index < -0.39 is 0 Å². The molecule has 5 nitrogen and oxygen atoms in total. The van der Waals surface area contributed by atoms with E-state index in [2.05, 4.69) is 29.2 Å². The quantitative estimate of drug-likeness (QED) is 0.653. The summed E-state index contributed by atoms with van der Waals surface area (Å²) in [6, 6.07) is 1.80. The van der Waals surface area contributed by atoms with Crippen LogP contribution in [-0.4, -0.2) is 16.1 Å². The zero-order valence-corrected chi connectivity index (χ0v) is 12.3. The molecule has 110 valence electrons. The molecule has 0 amide bonds. The van der Waals surface area contributed by atoms with Gasteiger partial charge in [-0.1, -0.05) is 13.8 Å². The molecular formula is C15H24N4O. The summed E-state index contributed by atoms with van der Waals surface area (Å²) in [5.41, 5.74) is 2.61. The van der Waals surface area contributed by atoms with Crippen molar-refractivity contribution in [3.8, 4) is 5.88 Å². The molecule has 2 aliphatic carbocycles. The van der Waals surface area contributed by atoms with Gasteiger partial charge in [-0.05, 0) is 43.9 Å². The predicted molar refractivity (Wildman–Crippen MR) is 78.4 cm³/mol. The van der Waals surface area contributed by atoms with Crippen LogP contribution in [0.3, 0.4) is 0 Å². The number of hydrazine groups is 1. The van der Waals surface area contributed by atoms with Gasteiger partial charge < -0.3 is 10.2 Å². The second kappa shape index (κ2) is 5.56. The Hall–Kier alpha value is -1.36. The molecule has 0 saturated heterocycles. The minimum atomic E-state index is 0.265. The van der Waals surface area contributed by atoms with Crippen molar-refractivity contribution in [2.45, 2.75) is 58.0 Å². The van der Waals surface area contributed by atoms with Crippen molar-refractivity contribution in [2.75, 3.05) is 5.43 Å². The Labute approximate surface area is 120 Å². The van der Waals surface area contributed by atoms with Crippen LogP contribution in [0.1, 0.15) is 57.7 Å². The van der Waals surface area contributed by atoms with E-state index >= 15 is 0 Å². The topological polar surface area (TPSA) is 73.1 Å². The van der Waals surface area contributed by atoms with E-state index in [1.54, 1.807) is 6.07 Å². The third-order valence-corrected chi connectivity index (χ3v) is 4.23. The first-order chi connectivity index (χ1) is 9.64. The van der Waals surface area contributed by atoms with Gasteiger partial charge in [0.05, 0.1) is 0 Å². The zero-order chi connectivity index (χ0) is 14.1. The average Bonchev–Trinajstić information content (AvgIpc) is 3.21. The van der Waals surface area contributed by atoms with Crippen molar-refractivity contribution in [2.24, 2.45) is 17.7 Å². The summed E-state index contributed by atoms with van der Waals surface area (Å²) in [6.45, 7) is 4.60. The fourth-order valence-corrected chi connectivity index (χ4v) is 3.24. The molecule has 3 rings (SSSR count). The lowest BCUT2D eigenvalue weighted by molar-refractivity contribution is 0.0964. The molecule has 1 aromatic rings. The summed E-state index contributed by atoms with van der Waals surface area (Å²) in [4.78, 5) is 8.97.